The molecule has 0 saturated carbocycles. The number of carbonyl (C=O) groups excluding carboxylic acids is 1. The number of carbonyl (C=O) groups is 1. The molecule has 7 heteroatoms. The number of nitrogens with two attached hydrogens (primary N) is 1. The van der Waals surface area contributed by atoms with Crippen LogP contribution in [0.5, 0.6) is 0 Å². The van der Waals surface area contributed by atoms with E-state index in [0.29, 0.717) is 32.7 Å². The van der Waals surface area contributed by atoms with Crippen LogP contribution >= 0.6 is 0 Å². The van der Waals surface area contributed by atoms with Crippen molar-refractivity contribution in [2.24, 2.45) is 5.73 Å². The standard InChI is InChI=1S/C18H24N4O3/c1-3-15-18(12(2)21-25-15)14-6-4-5-13(20-14)16-11-22(9-10-24-16)17(23)7-8-19/h4-6,16H,3,7-11,19H2,1-2H3/t16-/m0/s1. The van der Waals surface area contributed by atoms with Crippen LogP contribution in [0.2, 0.25) is 0 Å². The molecule has 134 valence electrons. The Kier molecular flexibility index (Phi) is 5.45. The van der Waals surface area contributed by atoms with Crippen LogP contribution in [-0.4, -0.2) is 47.2 Å². The third-order valence-corrected chi connectivity index (χ3v) is 4.39. The smallest absolute Gasteiger partial charge is 0.224 e. The average Bonchev–Trinajstić information content (AvgIpc) is 3.03. The summed E-state index contributed by atoms with van der Waals surface area (Å²) in [4.78, 5) is 18.7. The molecular weight excluding hydrogens is 320 g/mol. The van der Waals surface area contributed by atoms with Crippen LogP contribution in [0.1, 0.15) is 36.6 Å². The molecule has 0 aliphatic carbocycles. The lowest BCUT2D eigenvalue weighted by molar-refractivity contribution is -0.138. The van der Waals surface area contributed by atoms with E-state index in [1.54, 1.807) is 4.90 Å². The van der Waals surface area contributed by atoms with Gasteiger partial charge in [-0.15, -0.1) is 0 Å². The summed E-state index contributed by atoms with van der Waals surface area (Å²) in [5, 5.41) is 4.05. The third-order valence-electron chi connectivity index (χ3n) is 4.39. The molecule has 3 rings (SSSR count). The lowest BCUT2D eigenvalue weighted by Crippen LogP contribution is -2.43. The molecule has 7 nitrogen and oxygen atoms in total. The van der Waals surface area contributed by atoms with E-state index in [9.17, 15) is 4.79 Å². The predicted octanol–water partition coefficient (Wildman–Crippen LogP) is 1.86. The van der Waals surface area contributed by atoms with Crippen molar-refractivity contribution in [1.82, 2.24) is 15.0 Å². The van der Waals surface area contributed by atoms with Gasteiger partial charge in [-0.05, 0) is 19.1 Å². The van der Waals surface area contributed by atoms with E-state index >= 15 is 0 Å². The molecule has 0 bridgehead atoms. The highest BCUT2D eigenvalue weighted by Gasteiger charge is 2.26. The van der Waals surface area contributed by atoms with E-state index in [1.807, 2.05) is 32.0 Å². The summed E-state index contributed by atoms with van der Waals surface area (Å²) < 4.78 is 11.2. The Morgan fingerprint density at radius 1 is 1.44 bits per heavy atom. The summed E-state index contributed by atoms with van der Waals surface area (Å²) in [5.74, 6) is 0.890. The highest BCUT2D eigenvalue weighted by atomic mass is 16.5. The normalized spacial score (nSPS) is 17.7. The van der Waals surface area contributed by atoms with E-state index in [4.69, 9.17) is 20.0 Å². The van der Waals surface area contributed by atoms with E-state index in [1.165, 1.54) is 0 Å². The van der Waals surface area contributed by atoms with Crippen LogP contribution in [0.3, 0.4) is 0 Å². The summed E-state index contributed by atoms with van der Waals surface area (Å²) >= 11 is 0. The molecule has 1 aliphatic rings. The molecule has 1 aliphatic heterocycles. The molecule has 2 aromatic rings. The van der Waals surface area contributed by atoms with E-state index in [2.05, 4.69) is 5.16 Å². The minimum absolute atomic E-state index is 0.0649. The summed E-state index contributed by atoms with van der Waals surface area (Å²) in [6.45, 7) is 5.90. The van der Waals surface area contributed by atoms with Gasteiger partial charge >= 0.3 is 0 Å². The summed E-state index contributed by atoms with van der Waals surface area (Å²) in [5.41, 5.74) is 8.89. The van der Waals surface area contributed by atoms with Gasteiger partial charge < -0.3 is 19.9 Å². The van der Waals surface area contributed by atoms with Gasteiger partial charge in [0.1, 0.15) is 11.9 Å². The second kappa shape index (κ2) is 7.76. The number of hydrogen-bond donors (Lipinski definition) is 1. The fraction of sp³-hybridized carbons (Fsp3) is 0.500. The number of nitrogens with zero attached hydrogens (tertiary/aromatic N) is 3. The molecule has 0 spiro atoms. The van der Waals surface area contributed by atoms with Gasteiger partial charge in [0.2, 0.25) is 5.91 Å². The minimum Gasteiger partial charge on any atom is -0.368 e. The molecule has 1 fully saturated rings. The number of pyridine rings is 1. The lowest BCUT2D eigenvalue weighted by atomic mass is 10.1. The molecule has 1 saturated heterocycles. The molecule has 1 atom stereocenters. The van der Waals surface area contributed by atoms with Gasteiger partial charge in [-0.3, -0.25) is 4.79 Å². The third kappa shape index (κ3) is 3.72. The zero-order chi connectivity index (χ0) is 17.8. The van der Waals surface area contributed by atoms with Crippen molar-refractivity contribution in [1.29, 1.82) is 0 Å². The fourth-order valence-corrected chi connectivity index (χ4v) is 3.09. The second-order valence-electron chi connectivity index (χ2n) is 6.11. The van der Waals surface area contributed by atoms with Gasteiger partial charge in [-0.1, -0.05) is 18.1 Å². The number of rotatable bonds is 5. The van der Waals surface area contributed by atoms with E-state index in [-0.39, 0.29) is 12.0 Å². The molecule has 2 N–H and O–H groups in total. The van der Waals surface area contributed by atoms with Crippen molar-refractivity contribution < 1.29 is 14.1 Å². The lowest BCUT2D eigenvalue weighted by Gasteiger charge is -2.32. The molecule has 2 aromatic heterocycles. The maximum absolute atomic E-state index is 12.1. The van der Waals surface area contributed by atoms with Crippen LogP contribution in [0.15, 0.2) is 22.7 Å². The molecule has 0 aromatic carbocycles. The Labute approximate surface area is 147 Å². The van der Waals surface area contributed by atoms with Crippen molar-refractivity contribution in [3.05, 3.63) is 35.3 Å². The minimum atomic E-state index is -0.235. The Morgan fingerprint density at radius 3 is 3.04 bits per heavy atom. The zero-order valence-electron chi connectivity index (χ0n) is 14.7. The first-order chi connectivity index (χ1) is 12.1. The highest BCUT2D eigenvalue weighted by Crippen LogP contribution is 2.28. The summed E-state index contributed by atoms with van der Waals surface area (Å²) in [6.07, 6.45) is 0.879. The van der Waals surface area contributed by atoms with Crippen LogP contribution in [0, 0.1) is 6.92 Å². The molecule has 0 unspecified atom stereocenters. The predicted molar refractivity (Wildman–Crippen MR) is 92.8 cm³/mol. The number of aromatic nitrogens is 2. The topological polar surface area (TPSA) is 94.5 Å². The number of ether oxygens (including phenoxy) is 1. The Hall–Kier alpha value is -2.25. The van der Waals surface area contributed by atoms with E-state index < -0.39 is 0 Å². The molecule has 0 radical (unpaired) electrons. The van der Waals surface area contributed by atoms with Gasteiger partial charge in [0.05, 0.1) is 35.8 Å². The molecular formula is C18H24N4O3. The average molecular weight is 344 g/mol. The highest BCUT2D eigenvalue weighted by molar-refractivity contribution is 5.76. The summed E-state index contributed by atoms with van der Waals surface area (Å²) in [6, 6.07) is 5.83. The number of aryl methyl sites for hydroxylation is 2. The van der Waals surface area contributed by atoms with Crippen LogP contribution in [0.25, 0.3) is 11.3 Å². The van der Waals surface area contributed by atoms with E-state index in [0.717, 1.165) is 34.8 Å². The largest absolute Gasteiger partial charge is 0.368 e. The first kappa shape index (κ1) is 17.6. The van der Waals surface area contributed by atoms with Gasteiger partial charge in [0.25, 0.3) is 0 Å². The fourth-order valence-electron chi connectivity index (χ4n) is 3.09. The Balaban J connectivity index is 1.84. The first-order valence-corrected chi connectivity index (χ1v) is 8.66. The second-order valence-corrected chi connectivity index (χ2v) is 6.11. The SMILES string of the molecule is CCc1onc(C)c1-c1cccc([C@@H]2CN(C(=O)CCN)CCO2)n1. The van der Waals surface area contributed by atoms with Gasteiger partial charge in [-0.2, -0.15) is 0 Å². The zero-order valence-corrected chi connectivity index (χ0v) is 14.7. The molecule has 25 heavy (non-hydrogen) atoms. The van der Waals surface area contributed by atoms with Gasteiger partial charge in [0.15, 0.2) is 0 Å². The summed E-state index contributed by atoms with van der Waals surface area (Å²) in [7, 11) is 0. The van der Waals surface area contributed by atoms with Gasteiger partial charge in [0, 0.05) is 25.9 Å². The van der Waals surface area contributed by atoms with Crippen molar-refractivity contribution in [3.8, 4) is 11.3 Å². The Bertz CT molecular complexity index is 744. The van der Waals surface area contributed by atoms with Crippen molar-refractivity contribution in [2.75, 3.05) is 26.2 Å². The van der Waals surface area contributed by atoms with Crippen molar-refractivity contribution in [3.63, 3.8) is 0 Å². The Morgan fingerprint density at radius 2 is 2.28 bits per heavy atom. The van der Waals surface area contributed by atoms with Gasteiger partial charge in [-0.25, -0.2) is 4.98 Å². The molecule has 3 heterocycles. The quantitative estimate of drug-likeness (QED) is 0.889. The van der Waals surface area contributed by atoms with Crippen LogP contribution < -0.4 is 5.73 Å². The maximum Gasteiger partial charge on any atom is 0.224 e. The number of hydrogen-bond acceptors (Lipinski definition) is 6. The van der Waals surface area contributed by atoms with Crippen LogP contribution in [-0.2, 0) is 16.0 Å². The molecule has 1 amide bonds. The monoisotopic (exact) mass is 344 g/mol. The van der Waals surface area contributed by atoms with Crippen LogP contribution in [0.4, 0.5) is 0 Å². The number of morpholine rings is 1. The van der Waals surface area contributed by atoms with Crippen molar-refractivity contribution in [2.45, 2.75) is 32.8 Å². The number of amides is 1. The first-order valence-electron chi connectivity index (χ1n) is 8.66. The maximum atomic E-state index is 12.1. The van der Waals surface area contributed by atoms with Crippen molar-refractivity contribution >= 4 is 5.91 Å².